The van der Waals surface area contributed by atoms with Gasteiger partial charge in [0.05, 0.1) is 5.56 Å². The second-order valence-electron chi connectivity index (χ2n) is 10.6. The maximum absolute atomic E-state index is 14.4. The van der Waals surface area contributed by atoms with Crippen molar-refractivity contribution in [2.75, 3.05) is 5.32 Å². The van der Waals surface area contributed by atoms with Gasteiger partial charge in [-0.25, -0.2) is 0 Å². The fourth-order valence-electron chi connectivity index (χ4n) is 5.34. The van der Waals surface area contributed by atoms with Crippen LogP contribution < -0.4 is 16.2 Å². The largest absolute Gasteiger partial charge is 0.417 e. The fourth-order valence-corrected chi connectivity index (χ4v) is 5.34. The van der Waals surface area contributed by atoms with E-state index in [-0.39, 0.29) is 28.1 Å². The second kappa shape index (κ2) is 12.7. The first-order chi connectivity index (χ1) is 21.5. The molecule has 0 aliphatic rings. The minimum atomic E-state index is -4.78. The summed E-state index contributed by atoms with van der Waals surface area (Å²) in [7, 11) is 3.07. The van der Waals surface area contributed by atoms with E-state index in [2.05, 4.69) is 15.7 Å². The SMILES string of the molecule is Cc1c(-c2ccc(NC(=O)[C@@H](NC(=O)c3ccnn3C)C(c3ccccc3)c3ccccc3)cc2C(F)(F)F)ccc(=O)n1C. The van der Waals surface area contributed by atoms with Crippen molar-refractivity contribution in [2.45, 2.75) is 25.1 Å². The normalized spacial score (nSPS) is 12.2. The molecule has 0 radical (unpaired) electrons. The standard InChI is InChI=1S/C34H30F3N5O3/c1-21-25(16-17-29(43)41(21)2)26-15-14-24(20-27(26)34(35,36)37)39-33(45)31(40-32(44)28-18-19-38-42(28)3)30(22-10-6-4-7-11-22)23-12-8-5-9-13-23/h4-20,30-31H,1-3H3,(H,39,45)(H,40,44)/t31-/m0/s1. The first-order valence-corrected chi connectivity index (χ1v) is 14.0. The van der Waals surface area contributed by atoms with Crippen molar-refractivity contribution in [1.82, 2.24) is 19.7 Å². The first-order valence-electron chi connectivity index (χ1n) is 14.0. The molecular weight excluding hydrogens is 583 g/mol. The fraction of sp³-hybridized carbons (Fsp3) is 0.176. The van der Waals surface area contributed by atoms with E-state index < -0.39 is 35.5 Å². The molecule has 0 bridgehead atoms. The van der Waals surface area contributed by atoms with Gasteiger partial charge in [-0.3, -0.25) is 19.1 Å². The molecule has 0 unspecified atom stereocenters. The second-order valence-corrected chi connectivity index (χ2v) is 10.6. The number of alkyl halides is 3. The summed E-state index contributed by atoms with van der Waals surface area (Å²) >= 11 is 0. The Kier molecular flexibility index (Phi) is 8.71. The number of pyridine rings is 1. The van der Waals surface area contributed by atoms with Crippen LogP contribution in [0.1, 0.15) is 38.8 Å². The number of amides is 2. The first kappa shape index (κ1) is 31.0. The smallest absolute Gasteiger partial charge is 0.338 e. The molecule has 0 aliphatic heterocycles. The zero-order valence-corrected chi connectivity index (χ0v) is 24.7. The van der Waals surface area contributed by atoms with Crippen LogP contribution >= 0.6 is 0 Å². The Balaban J connectivity index is 1.58. The molecule has 3 aromatic carbocycles. The Morgan fingerprint density at radius 1 is 0.822 bits per heavy atom. The minimum Gasteiger partial charge on any atom is -0.338 e. The van der Waals surface area contributed by atoms with Gasteiger partial charge in [-0.05, 0) is 47.9 Å². The summed E-state index contributed by atoms with van der Waals surface area (Å²) in [4.78, 5) is 39.5. The lowest BCUT2D eigenvalue weighted by atomic mass is 9.84. The number of carbonyl (C=O) groups is 2. The van der Waals surface area contributed by atoms with Crippen LogP contribution in [0.5, 0.6) is 0 Å². The summed E-state index contributed by atoms with van der Waals surface area (Å²) in [5, 5.41) is 9.47. The number of aryl methyl sites for hydroxylation is 1. The van der Waals surface area contributed by atoms with Crippen molar-refractivity contribution in [2.24, 2.45) is 14.1 Å². The number of hydrogen-bond acceptors (Lipinski definition) is 4. The topological polar surface area (TPSA) is 98.0 Å². The number of halogens is 3. The molecular formula is C34H30F3N5O3. The molecule has 2 heterocycles. The van der Waals surface area contributed by atoms with Gasteiger partial charge < -0.3 is 15.2 Å². The van der Waals surface area contributed by atoms with Crippen LogP contribution in [-0.2, 0) is 25.1 Å². The highest BCUT2D eigenvalue weighted by molar-refractivity contribution is 6.01. The van der Waals surface area contributed by atoms with Crippen LogP contribution in [0.15, 0.2) is 108 Å². The van der Waals surface area contributed by atoms with Crippen molar-refractivity contribution in [3.63, 3.8) is 0 Å². The van der Waals surface area contributed by atoms with Gasteiger partial charge >= 0.3 is 6.18 Å². The van der Waals surface area contributed by atoms with E-state index in [1.807, 2.05) is 36.4 Å². The van der Waals surface area contributed by atoms with Gasteiger partial charge in [0.2, 0.25) is 11.5 Å². The summed E-state index contributed by atoms with van der Waals surface area (Å²) in [6.45, 7) is 1.56. The molecule has 2 amide bonds. The minimum absolute atomic E-state index is 0.113. The van der Waals surface area contributed by atoms with Crippen molar-refractivity contribution in [3.8, 4) is 11.1 Å². The van der Waals surface area contributed by atoms with Crippen LogP contribution in [-0.4, -0.2) is 32.2 Å². The molecule has 0 saturated carbocycles. The van der Waals surface area contributed by atoms with E-state index in [0.717, 1.165) is 6.07 Å². The van der Waals surface area contributed by atoms with Crippen LogP contribution in [0, 0.1) is 6.92 Å². The molecule has 0 fully saturated rings. The predicted octanol–water partition coefficient (Wildman–Crippen LogP) is 5.68. The molecule has 1 atom stereocenters. The van der Waals surface area contributed by atoms with E-state index in [1.165, 1.54) is 52.8 Å². The molecule has 8 nitrogen and oxygen atoms in total. The highest BCUT2D eigenvalue weighted by Gasteiger charge is 2.36. The van der Waals surface area contributed by atoms with Crippen LogP contribution in [0.4, 0.5) is 18.9 Å². The van der Waals surface area contributed by atoms with Crippen molar-refractivity contribution < 1.29 is 22.8 Å². The van der Waals surface area contributed by atoms with Gasteiger partial charge in [0, 0.05) is 49.2 Å². The number of benzene rings is 3. The van der Waals surface area contributed by atoms with Gasteiger partial charge in [-0.15, -0.1) is 0 Å². The molecule has 5 aromatic rings. The monoisotopic (exact) mass is 613 g/mol. The van der Waals surface area contributed by atoms with E-state index in [1.54, 1.807) is 38.2 Å². The summed E-state index contributed by atoms with van der Waals surface area (Å²) in [5.74, 6) is -2.00. The molecule has 2 N–H and O–H groups in total. The zero-order chi connectivity index (χ0) is 32.3. The van der Waals surface area contributed by atoms with Crippen LogP contribution in [0.2, 0.25) is 0 Å². The van der Waals surface area contributed by atoms with Crippen molar-refractivity contribution in [1.29, 1.82) is 0 Å². The third kappa shape index (κ3) is 6.57. The lowest BCUT2D eigenvalue weighted by Gasteiger charge is -2.28. The molecule has 230 valence electrons. The molecule has 45 heavy (non-hydrogen) atoms. The van der Waals surface area contributed by atoms with Gasteiger partial charge in [0.25, 0.3) is 5.91 Å². The van der Waals surface area contributed by atoms with E-state index in [0.29, 0.717) is 16.8 Å². The number of nitrogens with one attached hydrogen (secondary N) is 2. The number of nitrogens with zero attached hydrogens (tertiary/aromatic N) is 3. The van der Waals surface area contributed by atoms with Gasteiger partial charge in [-0.2, -0.15) is 18.3 Å². The lowest BCUT2D eigenvalue weighted by Crippen LogP contribution is -2.48. The Morgan fingerprint density at radius 2 is 1.42 bits per heavy atom. The zero-order valence-electron chi connectivity index (χ0n) is 24.7. The Labute approximate surface area is 257 Å². The number of hydrogen-bond donors (Lipinski definition) is 2. The van der Waals surface area contributed by atoms with E-state index in [4.69, 9.17) is 0 Å². The van der Waals surface area contributed by atoms with Gasteiger partial charge in [-0.1, -0.05) is 66.7 Å². The average molecular weight is 614 g/mol. The van der Waals surface area contributed by atoms with E-state index >= 15 is 0 Å². The number of rotatable bonds is 8. The number of aromatic nitrogens is 3. The molecule has 0 aliphatic carbocycles. The quantitative estimate of drug-likeness (QED) is 0.235. The predicted molar refractivity (Wildman–Crippen MR) is 165 cm³/mol. The lowest BCUT2D eigenvalue weighted by molar-refractivity contribution is -0.137. The molecule has 2 aromatic heterocycles. The highest BCUT2D eigenvalue weighted by Crippen LogP contribution is 2.39. The van der Waals surface area contributed by atoms with E-state index in [9.17, 15) is 27.6 Å². The molecule has 11 heteroatoms. The Hall–Kier alpha value is -5.45. The van der Waals surface area contributed by atoms with Gasteiger partial charge in [0.1, 0.15) is 11.7 Å². The molecule has 5 rings (SSSR count). The average Bonchev–Trinajstić information content (AvgIpc) is 3.46. The Bertz CT molecular complexity index is 1860. The van der Waals surface area contributed by atoms with Crippen LogP contribution in [0.25, 0.3) is 11.1 Å². The molecule has 0 saturated heterocycles. The summed E-state index contributed by atoms with van der Waals surface area (Å²) in [5.41, 5.74) is 0.632. The third-order valence-electron chi connectivity index (χ3n) is 7.77. The maximum atomic E-state index is 14.4. The van der Waals surface area contributed by atoms with Crippen LogP contribution in [0.3, 0.4) is 0 Å². The third-order valence-corrected chi connectivity index (χ3v) is 7.77. The van der Waals surface area contributed by atoms with Crippen molar-refractivity contribution in [3.05, 3.63) is 142 Å². The highest BCUT2D eigenvalue weighted by atomic mass is 19.4. The maximum Gasteiger partial charge on any atom is 0.417 e. The van der Waals surface area contributed by atoms with Crippen molar-refractivity contribution >= 4 is 17.5 Å². The van der Waals surface area contributed by atoms with Gasteiger partial charge in [0.15, 0.2) is 0 Å². The number of carbonyl (C=O) groups excluding carboxylic acids is 2. The summed E-state index contributed by atoms with van der Waals surface area (Å²) in [6, 6.07) is 24.5. The molecule has 0 spiro atoms. The number of anilines is 1. The summed E-state index contributed by atoms with van der Waals surface area (Å²) in [6.07, 6.45) is -3.33. The Morgan fingerprint density at radius 3 is 1.98 bits per heavy atom. The summed E-state index contributed by atoms with van der Waals surface area (Å²) < 4.78 is 45.9.